The van der Waals surface area contributed by atoms with Gasteiger partial charge in [0.2, 0.25) is 5.95 Å². The first kappa shape index (κ1) is 14.7. The second-order valence-electron chi connectivity index (χ2n) is 4.65. The van der Waals surface area contributed by atoms with Crippen LogP contribution in [0.25, 0.3) is 0 Å². The molecule has 1 rings (SSSR count). The molecule has 0 aliphatic rings. The molecule has 0 saturated carbocycles. The molecule has 1 atom stereocenters. The third-order valence-corrected chi connectivity index (χ3v) is 2.68. The van der Waals surface area contributed by atoms with Crippen LogP contribution in [0.4, 0.5) is 11.8 Å². The molecule has 18 heavy (non-hydrogen) atoms. The smallest absolute Gasteiger partial charge is 0.222 e. The van der Waals surface area contributed by atoms with Crippen LogP contribution in [0.2, 0.25) is 0 Å². The van der Waals surface area contributed by atoms with E-state index < -0.39 is 6.10 Å². The Morgan fingerprint density at radius 3 is 2.61 bits per heavy atom. The Balaban J connectivity index is 2.70. The van der Waals surface area contributed by atoms with E-state index in [1.807, 2.05) is 32.8 Å². The number of nitrogens with zero attached hydrogens (tertiary/aromatic N) is 3. The minimum atomic E-state index is -0.444. The van der Waals surface area contributed by atoms with Gasteiger partial charge in [0.05, 0.1) is 11.8 Å². The molecule has 0 aliphatic carbocycles. The van der Waals surface area contributed by atoms with Gasteiger partial charge in [-0.3, -0.25) is 0 Å². The topological polar surface area (TPSA) is 87.3 Å². The molecule has 1 aromatic heterocycles. The number of nitrogens with one attached hydrogen (secondary N) is 1. The molecular formula is C12H23N5O. The van der Waals surface area contributed by atoms with E-state index in [1.165, 1.54) is 0 Å². The van der Waals surface area contributed by atoms with Gasteiger partial charge < -0.3 is 21.1 Å². The van der Waals surface area contributed by atoms with Gasteiger partial charge in [-0.15, -0.1) is 0 Å². The van der Waals surface area contributed by atoms with E-state index in [0.717, 1.165) is 17.7 Å². The lowest BCUT2D eigenvalue weighted by Gasteiger charge is -2.18. The summed E-state index contributed by atoms with van der Waals surface area (Å²) in [4.78, 5) is 10.3. The second kappa shape index (κ2) is 6.51. The molecule has 102 valence electrons. The zero-order valence-electron chi connectivity index (χ0n) is 11.6. The van der Waals surface area contributed by atoms with E-state index in [1.54, 1.807) is 0 Å². The standard InChI is InChI=1S/C12H23N5O/c1-5-10-8(2)11(16-12(13)15-10)14-6-9(18)7-17(3)4/h9,18H,5-7H2,1-4H3,(H3,13,14,15,16). The van der Waals surface area contributed by atoms with Crippen molar-refractivity contribution in [2.45, 2.75) is 26.4 Å². The predicted octanol–water partition coefficient (Wildman–Crippen LogP) is 0.264. The van der Waals surface area contributed by atoms with Gasteiger partial charge >= 0.3 is 0 Å². The molecule has 0 spiro atoms. The van der Waals surface area contributed by atoms with Gasteiger partial charge in [-0.25, -0.2) is 4.98 Å². The Kier molecular flexibility index (Phi) is 5.30. The lowest BCUT2D eigenvalue weighted by Crippen LogP contribution is -2.31. The molecule has 6 nitrogen and oxygen atoms in total. The molecule has 1 heterocycles. The molecule has 0 fully saturated rings. The maximum atomic E-state index is 9.79. The highest BCUT2D eigenvalue weighted by Crippen LogP contribution is 2.16. The summed E-state index contributed by atoms with van der Waals surface area (Å²) in [5, 5.41) is 12.9. The summed E-state index contributed by atoms with van der Waals surface area (Å²) in [5.41, 5.74) is 7.58. The zero-order chi connectivity index (χ0) is 13.7. The van der Waals surface area contributed by atoms with Crippen LogP contribution in [-0.2, 0) is 6.42 Å². The summed E-state index contributed by atoms with van der Waals surface area (Å²) in [6.07, 6.45) is 0.369. The van der Waals surface area contributed by atoms with Crippen molar-refractivity contribution in [3.8, 4) is 0 Å². The molecule has 0 amide bonds. The van der Waals surface area contributed by atoms with E-state index in [0.29, 0.717) is 18.9 Å². The molecule has 0 aliphatic heterocycles. The average molecular weight is 253 g/mol. The van der Waals surface area contributed by atoms with Crippen molar-refractivity contribution < 1.29 is 5.11 Å². The van der Waals surface area contributed by atoms with Gasteiger partial charge in [-0.05, 0) is 27.4 Å². The summed E-state index contributed by atoms with van der Waals surface area (Å²) in [6.45, 7) is 5.03. The van der Waals surface area contributed by atoms with Crippen LogP contribution in [0.5, 0.6) is 0 Å². The summed E-state index contributed by atoms with van der Waals surface area (Å²) in [6, 6.07) is 0. The number of aromatic nitrogens is 2. The molecular weight excluding hydrogens is 230 g/mol. The number of aliphatic hydroxyl groups is 1. The third-order valence-electron chi connectivity index (χ3n) is 2.68. The molecule has 1 unspecified atom stereocenters. The number of aryl methyl sites for hydroxylation is 1. The first-order valence-electron chi connectivity index (χ1n) is 6.13. The minimum absolute atomic E-state index is 0.266. The highest BCUT2D eigenvalue weighted by Gasteiger charge is 2.10. The van der Waals surface area contributed by atoms with Crippen molar-refractivity contribution in [3.63, 3.8) is 0 Å². The maximum Gasteiger partial charge on any atom is 0.222 e. The number of aliphatic hydroxyl groups excluding tert-OH is 1. The molecule has 0 bridgehead atoms. The molecule has 4 N–H and O–H groups in total. The van der Waals surface area contributed by atoms with E-state index in [4.69, 9.17) is 5.73 Å². The fourth-order valence-electron chi connectivity index (χ4n) is 1.80. The van der Waals surface area contributed by atoms with Crippen LogP contribution in [0.1, 0.15) is 18.2 Å². The third kappa shape index (κ3) is 4.12. The molecule has 1 aromatic rings. The summed E-state index contributed by atoms with van der Waals surface area (Å²) >= 11 is 0. The average Bonchev–Trinajstić information content (AvgIpc) is 2.28. The number of anilines is 2. The molecule has 0 aromatic carbocycles. The van der Waals surface area contributed by atoms with Crippen molar-refractivity contribution in [2.75, 3.05) is 38.2 Å². The predicted molar refractivity (Wildman–Crippen MR) is 73.6 cm³/mol. The Labute approximate surface area is 108 Å². The quantitative estimate of drug-likeness (QED) is 0.674. The number of nitrogen functional groups attached to an aromatic ring is 1. The van der Waals surface area contributed by atoms with Crippen LogP contribution in [0.3, 0.4) is 0 Å². The second-order valence-corrected chi connectivity index (χ2v) is 4.65. The highest BCUT2D eigenvalue weighted by molar-refractivity contribution is 5.48. The van der Waals surface area contributed by atoms with Crippen molar-refractivity contribution in [1.82, 2.24) is 14.9 Å². The Morgan fingerprint density at radius 1 is 1.39 bits per heavy atom. The fourth-order valence-corrected chi connectivity index (χ4v) is 1.80. The van der Waals surface area contributed by atoms with Crippen LogP contribution < -0.4 is 11.1 Å². The van der Waals surface area contributed by atoms with Gasteiger partial charge in [-0.2, -0.15) is 4.98 Å². The first-order chi connectivity index (χ1) is 8.43. The van der Waals surface area contributed by atoms with Crippen molar-refractivity contribution in [1.29, 1.82) is 0 Å². The van der Waals surface area contributed by atoms with E-state index in [2.05, 4.69) is 15.3 Å². The Hall–Kier alpha value is -1.40. The SMILES string of the molecule is CCc1nc(N)nc(NCC(O)CN(C)C)c1C. The van der Waals surface area contributed by atoms with E-state index in [9.17, 15) is 5.11 Å². The van der Waals surface area contributed by atoms with Crippen molar-refractivity contribution in [2.24, 2.45) is 0 Å². The highest BCUT2D eigenvalue weighted by atomic mass is 16.3. The van der Waals surface area contributed by atoms with Crippen LogP contribution in [0, 0.1) is 6.92 Å². The largest absolute Gasteiger partial charge is 0.390 e. The minimum Gasteiger partial charge on any atom is -0.390 e. The lowest BCUT2D eigenvalue weighted by atomic mass is 10.2. The van der Waals surface area contributed by atoms with Gasteiger partial charge in [0.25, 0.3) is 0 Å². The summed E-state index contributed by atoms with van der Waals surface area (Å²) in [7, 11) is 3.85. The molecule has 6 heteroatoms. The lowest BCUT2D eigenvalue weighted by molar-refractivity contribution is 0.148. The monoisotopic (exact) mass is 253 g/mol. The maximum absolute atomic E-state index is 9.79. The number of hydrogen-bond donors (Lipinski definition) is 3. The van der Waals surface area contributed by atoms with E-state index >= 15 is 0 Å². The normalized spacial score (nSPS) is 12.8. The number of hydrogen-bond acceptors (Lipinski definition) is 6. The summed E-state index contributed by atoms with van der Waals surface area (Å²) in [5.74, 6) is 0.971. The van der Waals surface area contributed by atoms with E-state index in [-0.39, 0.29) is 5.95 Å². The Morgan fingerprint density at radius 2 is 2.06 bits per heavy atom. The van der Waals surface area contributed by atoms with Crippen molar-refractivity contribution in [3.05, 3.63) is 11.3 Å². The van der Waals surface area contributed by atoms with Crippen LogP contribution in [0.15, 0.2) is 0 Å². The first-order valence-corrected chi connectivity index (χ1v) is 6.13. The van der Waals surface area contributed by atoms with Gasteiger partial charge in [0.1, 0.15) is 5.82 Å². The van der Waals surface area contributed by atoms with Gasteiger partial charge in [-0.1, -0.05) is 6.92 Å². The fraction of sp³-hybridized carbons (Fsp3) is 0.667. The van der Waals surface area contributed by atoms with Gasteiger partial charge in [0.15, 0.2) is 0 Å². The van der Waals surface area contributed by atoms with Crippen LogP contribution in [-0.4, -0.2) is 53.3 Å². The zero-order valence-corrected chi connectivity index (χ0v) is 11.6. The van der Waals surface area contributed by atoms with Crippen LogP contribution >= 0.6 is 0 Å². The number of likely N-dealkylation sites (N-methyl/N-ethyl adjacent to an activating group) is 1. The van der Waals surface area contributed by atoms with Crippen molar-refractivity contribution >= 4 is 11.8 Å². The number of nitrogens with two attached hydrogens (primary N) is 1. The molecule has 0 radical (unpaired) electrons. The van der Waals surface area contributed by atoms with Gasteiger partial charge in [0, 0.05) is 18.7 Å². The molecule has 0 saturated heterocycles. The summed E-state index contributed by atoms with van der Waals surface area (Å²) < 4.78 is 0. The Bertz CT molecular complexity index is 394. The number of rotatable bonds is 6.